The second kappa shape index (κ2) is 6.42. The van der Waals surface area contributed by atoms with E-state index in [2.05, 4.69) is 14.6 Å². The van der Waals surface area contributed by atoms with Crippen LogP contribution in [0.3, 0.4) is 0 Å². The summed E-state index contributed by atoms with van der Waals surface area (Å²) in [7, 11) is 0. The van der Waals surface area contributed by atoms with E-state index in [-0.39, 0.29) is 5.69 Å². The zero-order valence-electron chi connectivity index (χ0n) is 14.1. The molecule has 0 saturated carbocycles. The molecule has 7 nitrogen and oxygen atoms in total. The number of hydrogen-bond donors (Lipinski definition) is 1. The van der Waals surface area contributed by atoms with Crippen LogP contribution >= 0.6 is 11.6 Å². The molecule has 0 fully saturated rings. The van der Waals surface area contributed by atoms with E-state index >= 15 is 0 Å². The Morgan fingerprint density at radius 1 is 1.42 bits per heavy atom. The molecule has 0 atom stereocenters. The summed E-state index contributed by atoms with van der Waals surface area (Å²) in [6, 6.07) is 9.30. The molecular weight excluding hydrogens is 354 g/mol. The van der Waals surface area contributed by atoms with Gasteiger partial charge < -0.3 is 10.5 Å². The molecule has 0 spiro atoms. The number of carbonyl (C=O) groups excluding carboxylic acids is 1. The molecule has 1 aliphatic heterocycles. The minimum Gasteiger partial charge on any atom is -0.473 e. The minimum absolute atomic E-state index is 0.260. The van der Waals surface area contributed by atoms with Crippen molar-refractivity contribution >= 4 is 17.5 Å². The average Bonchev–Trinajstić information content (AvgIpc) is 3.03. The van der Waals surface area contributed by atoms with Crippen LogP contribution in [-0.2, 0) is 13.1 Å². The summed E-state index contributed by atoms with van der Waals surface area (Å²) in [5.74, 6) is 0.00533. The predicted molar refractivity (Wildman–Crippen MR) is 95.0 cm³/mol. The van der Waals surface area contributed by atoms with Crippen LogP contribution in [-0.4, -0.2) is 27.3 Å². The van der Waals surface area contributed by atoms with Gasteiger partial charge in [0.25, 0.3) is 17.5 Å². The molecule has 3 aromatic rings. The number of nitrogens with two attached hydrogens (primary N) is 1. The standard InChI is InChI=1S/C18H16ClN5O2/c1-2-26-18-16(11-4-3-5-12(19)6-11)23-9-13-7-15(17(20)25)22-24(13)10-14(23)8-21-18/h3-8H,2,9-10H2,1H3,(H-,20,25)/p+1. The molecule has 1 amide bonds. The topological polar surface area (TPSA) is 86.9 Å². The van der Waals surface area contributed by atoms with Crippen molar-refractivity contribution in [3.05, 3.63) is 58.6 Å². The number of ether oxygens (including phenoxy) is 1. The Labute approximate surface area is 155 Å². The summed E-state index contributed by atoms with van der Waals surface area (Å²) in [6.45, 7) is 3.45. The molecule has 0 bridgehead atoms. The van der Waals surface area contributed by atoms with Gasteiger partial charge in [-0.2, -0.15) is 9.67 Å². The highest BCUT2D eigenvalue weighted by atomic mass is 35.5. The fraction of sp³-hybridized carbons (Fsp3) is 0.222. The van der Waals surface area contributed by atoms with E-state index in [4.69, 9.17) is 22.1 Å². The first-order valence-electron chi connectivity index (χ1n) is 8.23. The first-order chi connectivity index (χ1) is 12.6. The lowest BCUT2D eigenvalue weighted by atomic mass is 10.1. The maximum atomic E-state index is 11.4. The Bertz CT molecular complexity index is 1010. The summed E-state index contributed by atoms with van der Waals surface area (Å²) in [6.07, 6.45) is 1.77. The molecule has 1 aliphatic rings. The first kappa shape index (κ1) is 16.5. The highest BCUT2D eigenvalue weighted by Gasteiger charge is 2.32. The van der Waals surface area contributed by atoms with Crippen molar-refractivity contribution in [2.75, 3.05) is 6.61 Å². The third-order valence-corrected chi connectivity index (χ3v) is 4.51. The molecule has 0 aliphatic carbocycles. The second-order valence-corrected chi connectivity index (χ2v) is 6.41. The molecule has 26 heavy (non-hydrogen) atoms. The SMILES string of the molecule is CCOc1ncc2[n+](c1-c1cccc(Cl)c1)Cc1cc(C(N)=O)nn1C2. The molecule has 3 heterocycles. The average molecular weight is 371 g/mol. The summed E-state index contributed by atoms with van der Waals surface area (Å²) in [5.41, 5.74) is 9.24. The number of nitrogens with zero attached hydrogens (tertiary/aromatic N) is 4. The van der Waals surface area contributed by atoms with E-state index in [1.54, 1.807) is 16.9 Å². The number of amides is 1. The molecule has 0 unspecified atom stereocenters. The zero-order valence-corrected chi connectivity index (χ0v) is 14.9. The Balaban J connectivity index is 1.87. The van der Waals surface area contributed by atoms with Gasteiger partial charge in [-0.15, -0.1) is 0 Å². The van der Waals surface area contributed by atoms with Crippen LogP contribution in [0.4, 0.5) is 0 Å². The Morgan fingerprint density at radius 3 is 3.00 bits per heavy atom. The van der Waals surface area contributed by atoms with Crippen molar-refractivity contribution < 1.29 is 14.1 Å². The molecule has 0 saturated heterocycles. The lowest BCUT2D eigenvalue weighted by Crippen LogP contribution is -2.46. The number of halogens is 1. The van der Waals surface area contributed by atoms with Gasteiger partial charge in [-0.25, -0.2) is 4.98 Å². The number of hydrogen-bond acceptors (Lipinski definition) is 4. The smallest absolute Gasteiger partial charge is 0.288 e. The van der Waals surface area contributed by atoms with E-state index in [1.165, 1.54) is 0 Å². The maximum absolute atomic E-state index is 11.4. The quantitative estimate of drug-likeness (QED) is 0.555. The van der Waals surface area contributed by atoms with Gasteiger partial charge in [-0.05, 0) is 31.2 Å². The predicted octanol–water partition coefficient (Wildman–Crippen LogP) is 1.79. The number of fused-ring (bicyclic) bond motifs is 2. The Hall–Kier alpha value is -2.93. The van der Waals surface area contributed by atoms with Crippen LogP contribution in [0.5, 0.6) is 5.88 Å². The van der Waals surface area contributed by atoms with Gasteiger partial charge in [0.1, 0.15) is 24.1 Å². The molecule has 132 valence electrons. The van der Waals surface area contributed by atoms with Gasteiger partial charge in [-0.3, -0.25) is 9.48 Å². The van der Waals surface area contributed by atoms with Crippen molar-refractivity contribution in [1.82, 2.24) is 14.8 Å². The lowest BCUT2D eigenvalue weighted by molar-refractivity contribution is -0.690. The third kappa shape index (κ3) is 2.80. The summed E-state index contributed by atoms with van der Waals surface area (Å²) in [5, 5.41) is 4.91. The van der Waals surface area contributed by atoms with E-state index in [1.807, 2.05) is 31.2 Å². The maximum Gasteiger partial charge on any atom is 0.288 e. The molecule has 2 aromatic heterocycles. The fourth-order valence-electron chi connectivity index (χ4n) is 3.14. The van der Waals surface area contributed by atoms with Crippen molar-refractivity contribution in [1.29, 1.82) is 0 Å². The highest BCUT2D eigenvalue weighted by Crippen LogP contribution is 2.28. The van der Waals surface area contributed by atoms with E-state index in [0.29, 0.717) is 30.6 Å². The largest absolute Gasteiger partial charge is 0.473 e. The first-order valence-corrected chi connectivity index (χ1v) is 8.61. The zero-order chi connectivity index (χ0) is 18.3. The van der Waals surface area contributed by atoms with Gasteiger partial charge in [0, 0.05) is 5.02 Å². The van der Waals surface area contributed by atoms with Crippen molar-refractivity contribution in [3.8, 4) is 17.1 Å². The highest BCUT2D eigenvalue weighted by molar-refractivity contribution is 6.30. The molecule has 1 aromatic carbocycles. The number of primary amides is 1. The minimum atomic E-state index is -0.538. The van der Waals surface area contributed by atoms with Crippen LogP contribution in [0.2, 0.25) is 5.02 Å². The number of aromatic nitrogens is 4. The van der Waals surface area contributed by atoms with E-state index < -0.39 is 5.91 Å². The van der Waals surface area contributed by atoms with Crippen LogP contribution in [0.25, 0.3) is 11.3 Å². The van der Waals surface area contributed by atoms with Crippen LogP contribution in [0.15, 0.2) is 36.5 Å². The Morgan fingerprint density at radius 2 is 2.27 bits per heavy atom. The summed E-state index contributed by atoms with van der Waals surface area (Å²) < 4.78 is 9.65. The van der Waals surface area contributed by atoms with Gasteiger partial charge in [0.2, 0.25) is 5.69 Å². The number of carbonyl (C=O) groups is 1. The van der Waals surface area contributed by atoms with Crippen LogP contribution < -0.4 is 15.0 Å². The van der Waals surface area contributed by atoms with Crippen LogP contribution in [0, 0.1) is 0 Å². The van der Waals surface area contributed by atoms with Gasteiger partial charge in [0.05, 0.1) is 12.2 Å². The van der Waals surface area contributed by atoms with Gasteiger partial charge >= 0.3 is 0 Å². The fourth-order valence-corrected chi connectivity index (χ4v) is 3.33. The molecule has 8 heteroatoms. The second-order valence-electron chi connectivity index (χ2n) is 5.98. The number of benzene rings is 1. The molecule has 2 N–H and O–H groups in total. The molecule has 0 radical (unpaired) electrons. The summed E-state index contributed by atoms with van der Waals surface area (Å²) >= 11 is 6.19. The van der Waals surface area contributed by atoms with Crippen molar-refractivity contribution in [2.24, 2.45) is 5.73 Å². The van der Waals surface area contributed by atoms with Crippen molar-refractivity contribution in [3.63, 3.8) is 0 Å². The van der Waals surface area contributed by atoms with Gasteiger partial charge in [-0.1, -0.05) is 17.7 Å². The van der Waals surface area contributed by atoms with E-state index in [9.17, 15) is 4.79 Å². The van der Waals surface area contributed by atoms with Crippen molar-refractivity contribution in [2.45, 2.75) is 20.0 Å². The summed E-state index contributed by atoms with van der Waals surface area (Å²) in [4.78, 5) is 15.9. The monoisotopic (exact) mass is 370 g/mol. The molecular formula is C18H17ClN5O2+. The number of rotatable bonds is 4. The lowest BCUT2D eigenvalue weighted by Gasteiger charge is -2.17. The third-order valence-electron chi connectivity index (χ3n) is 4.28. The van der Waals surface area contributed by atoms with E-state index in [0.717, 1.165) is 22.6 Å². The normalized spacial score (nSPS) is 12.4. The Kier molecular flexibility index (Phi) is 4.08. The van der Waals surface area contributed by atoms with Crippen LogP contribution in [0.1, 0.15) is 28.8 Å². The van der Waals surface area contributed by atoms with Gasteiger partial charge in [0.15, 0.2) is 6.54 Å². The molecule has 4 rings (SSSR count).